The van der Waals surface area contributed by atoms with Crippen LogP contribution < -0.4 is 10.6 Å². The van der Waals surface area contributed by atoms with Crippen LogP contribution in [-0.4, -0.2) is 35.5 Å². The molecule has 3 N–H and O–H groups in total. The summed E-state index contributed by atoms with van der Waals surface area (Å²) in [6, 6.07) is 11.6. The van der Waals surface area contributed by atoms with Gasteiger partial charge in [-0.1, -0.05) is 49.6 Å². The lowest BCUT2D eigenvalue weighted by molar-refractivity contribution is -0.151. The van der Waals surface area contributed by atoms with Gasteiger partial charge in [-0.2, -0.15) is 0 Å². The molecule has 7 heteroatoms. The highest BCUT2D eigenvalue weighted by Gasteiger charge is 2.40. The van der Waals surface area contributed by atoms with E-state index in [1.165, 1.54) is 12.3 Å². The molecule has 1 fully saturated rings. The number of amides is 2. The second-order valence-corrected chi connectivity index (χ2v) is 7.56. The number of carboxylic acids is 1. The van der Waals surface area contributed by atoms with Crippen LogP contribution in [-0.2, 0) is 16.0 Å². The number of benzene rings is 1. The van der Waals surface area contributed by atoms with E-state index in [9.17, 15) is 19.5 Å². The normalized spacial score (nSPS) is 16.6. The number of carbonyl (C=O) groups excluding carboxylic acids is 2. The van der Waals surface area contributed by atoms with Gasteiger partial charge in [0.2, 0.25) is 5.91 Å². The summed E-state index contributed by atoms with van der Waals surface area (Å²) in [5, 5.41) is 15.2. The molecule has 1 aromatic heterocycles. The fourth-order valence-electron chi connectivity index (χ4n) is 3.77. The summed E-state index contributed by atoms with van der Waals surface area (Å²) < 4.78 is 5.11. The van der Waals surface area contributed by atoms with Gasteiger partial charge in [0.1, 0.15) is 6.04 Å². The molecule has 2 aromatic rings. The van der Waals surface area contributed by atoms with Crippen molar-refractivity contribution in [3.8, 4) is 0 Å². The minimum Gasteiger partial charge on any atom is -0.481 e. The molecule has 29 heavy (non-hydrogen) atoms. The van der Waals surface area contributed by atoms with Crippen LogP contribution >= 0.6 is 0 Å². The zero-order valence-corrected chi connectivity index (χ0v) is 16.2. The maximum absolute atomic E-state index is 12.9. The van der Waals surface area contributed by atoms with Gasteiger partial charge in [-0.25, -0.2) is 0 Å². The van der Waals surface area contributed by atoms with Gasteiger partial charge >= 0.3 is 5.97 Å². The van der Waals surface area contributed by atoms with Crippen molar-refractivity contribution in [3.63, 3.8) is 0 Å². The highest BCUT2D eigenvalue weighted by atomic mass is 16.4. The molecule has 1 aromatic carbocycles. The molecule has 154 valence electrons. The van der Waals surface area contributed by atoms with Crippen LogP contribution in [0.25, 0.3) is 0 Å². The zero-order chi connectivity index (χ0) is 20.7. The lowest BCUT2D eigenvalue weighted by atomic mass is 9.74. The minimum absolute atomic E-state index is 0.0586. The first kappa shape index (κ1) is 20.6. The first-order valence-electron chi connectivity index (χ1n) is 9.90. The fraction of sp³-hybridized carbons (Fsp3) is 0.409. The molecule has 1 aliphatic carbocycles. The quantitative estimate of drug-likeness (QED) is 0.634. The Labute approximate surface area is 169 Å². The SMILES string of the molecule is O=C(NC(Cc1ccccc1)C(=O)NCC1(C(=O)O)CCCCC1)c1ccco1. The van der Waals surface area contributed by atoms with Gasteiger partial charge in [0.15, 0.2) is 5.76 Å². The van der Waals surface area contributed by atoms with E-state index in [1.807, 2.05) is 30.3 Å². The number of carbonyl (C=O) groups is 3. The second-order valence-electron chi connectivity index (χ2n) is 7.56. The molecule has 7 nitrogen and oxygen atoms in total. The van der Waals surface area contributed by atoms with Crippen LogP contribution in [0.5, 0.6) is 0 Å². The Morgan fingerprint density at radius 1 is 1.03 bits per heavy atom. The minimum atomic E-state index is -0.934. The fourth-order valence-corrected chi connectivity index (χ4v) is 3.77. The Balaban J connectivity index is 1.70. The van der Waals surface area contributed by atoms with Crippen molar-refractivity contribution in [2.75, 3.05) is 6.54 Å². The smallest absolute Gasteiger partial charge is 0.311 e. The molecule has 1 unspecified atom stereocenters. The monoisotopic (exact) mass is 398 g/mol. The van der Waals surface area contributed by atoms with E-state index in [2.05, 4.69) is 10.6 Å². The van der Waals surface area contributed by atoms with Gasteiger partial charge in [-0.15, -0.1) is 0 Å². The molecule has 0 bridgehead atoms. The molecule has 0 spiro atoms. The molecule has 1 heterocycles. The lowest BCUT2D eigenvalue weighted by Gasteiger charge is -2.33. The molecule has 1 saturated carbocycles. The summed E-state index contributed by atoms with van der Waals surface area (Å²) >= 11 is 0. The van der Waals surface area contributed by atoms with Crippen molar-refractivity contribution in [3.05, 3.63) is 60.1 Å². The summed E-state index contributed by atoms with van der Waals surface area (Å²) in [5.74, 6) is -1.65. The predicted octanol–water partition coefficient (Wildman–Crippen LogP) is 2.77. The van der Waals surface area contributed by atoms with E-state index in [4.69, 9.17) is 4.42 Å². The number of hydrogen-bond donors (Lipinski definition) is 3. The van der Waals surface area contributed by atoms with Crippen LogP contribution in [0.15, 0.2) is 53.1 Å². The van der Waals surface area contributed by atoms with Crippen molar-refractivity contribution in [2.45, 2.75) is 44.6 Å². The van der Waals surface area contributed by atoms with Crippen molar-refractivity contribution in [2.24, 2.45) is 5.41 Å². The zero-order valence-electron chi connectivity index (χ0n) is 16.2. The summed E-state index contributed by atoms with van der Waals surface area (Å²) in [6.07, 6.45) is 5.46. The maximum Gasteiger partial charge on any atom is 0.311 e. The van der Waals surface area contributed by atoms with Gasteiger partial charge in [-0.05, 0) is 30.5 Å². The summed E-state index contributed by atoms with van der Waals surface area (Å²) in [4.78, 5) is 37.2. The summed E-state index contributed by atoms with van der Waals surface area (Å²) in [7, 11) is 0. The number of aliphatic carboxylic acids is 1. The Bertz CT molecular complexity index is 826. The molecule has 1 aliphatic rings. The number of hydrogen-bond acceptors (Lipinski definition) is 4. The second kappa shape index (κ2) is 9.41. The van der Waals surface area contributed by atoms with Gasteiger partial charge < -0.3 is 20.2 Å². The van der Waals surface area contributed by atoms with Crippen molar-refractivity contribution < 1.29 is 23.9 Å². The van der Waals surface area contributed by atoms with Crippen LogP contribution in [0.3, 0.4) is 0 Å². The van der Waals surface area contributed by atoms with E-state index in [-0.39, 0.29) is 12.3 Å². The van der Waals surface area contributed by atoms with E-state index < -0.39 is 29.2 Å². The topological polar surface area (TPSA) is 109 Å². The molecule has 0 aliphatic heterocycles. The molecule has 0 radical (unpaired) electrons. The first-order valence-corrected chi connectivity index (χ1v) is 9.90. The molecule has 1 atom stereocenters. The van der Waals surface area contributed by atoms with Gasteiger partial charge in [0, 0.05) is 13.0 Å². The summed E-state index contributed by atoms with van der Waals surface area (Å²) in [6.45, 7) is 0.0586. The average molecular weight is 398 g/mol. The van der Waals surface area contributed by atoms with E-state index in [0.29, 0.717) is 19.3 Å². The Morgan fingerprint density at radius 2 is 1.76 bits per heavy atom. The molecule has 0 saturated heterocycles. The number of carboxylic acid groups (broad SMARTS) is 1. The molecule has 2 amide bonds. The van der Waals surface area contributed by atoms with E-state index in [1.54, 1.807) is 6.07 Å². The van der Waals surface area contributed by atoms with E-state index >= 15 is 0 Å². The average Bonchev–Trinajstić information content (AvgIpc) is 3.28. The van der Waals surface area contributed by atoms with Crippen molar-refractivity contribution in [1.82, 2.24) is 10.6 Å². The van der Waals surface area contributed by atoms with Crippen molar-refractivity contribution in [1.29, 1.82) is 0 Å². The number of furan rings is 1. The standard InChI is InChI=1S/C22H26N2O5/c25-19(23-15-22(21(27)28)11-5-2-6-12-22)17(14-16-8-3-1-4-9-16)24-20(26)18-10-7-13-29-18/h1,3-4,7-10,13,17H,2,5-6,11-12,14-15H2,(H,23,25)(H,24,26)(H,27,28). The largest absolute Gasteiger partial charge is 0.481 e. The van der Waals surface area contributed by atoms with Crippen LogP contribution in [0.1, 0.15) is 48.2 Å². The Morgan fingerprint density at radius 3 is 2.38 bits per heavy atom. The van der Waals surface area contributed by atoms with Gasteiger partial charge in [0.25, 0.3) is 5.91 Å². The van der Waals surface area contributed by atoms with Gasteiger partial charge in [-0.3, -0.25) is 14.4 Å². The third-order valence-corrected chi connectivity index (χ3v) is 5.51. The molecular weight excluding hydrogens is 372 g/mol. The number of rotatable bonds is 8. The van der Waals surface area contributed by atoms with E-state index in [0.717, 1.165) is 24.8 Å². The maximum atomic E-state index is 12.9. The third-order valence-electron chi connectivity index (χ3n) is 5.51. The highest BCUT2D eigenvalue weighted by Crippen LogP contribution is 2.36. The van der Waals surface area contributed by atoms with Crippen LogP contribution in [0.4, 0.5) is 0 Å². The number of nitrogens with one attached hydrogen (secondary N) is 2. The first-order chi connectivity index (χ1) is 14.0. The molecular formula is C22H26N2O5. The van der Waals surface area contributed by atoms with Crippen LogP contribution in [0.2, 0.25) is 0 Å². The predicted molar refractivity (Wildman–Crippen MR) is 106 cm³/mol. The highest BCUT2D eigenvalue weighted by molar-refractivity contribution is 5.95. The molecule has 3 rings (SSSR count). The third kappa shape index (κ3) is 5.25. The van der Waals surface area contributed by atoms with Crippen LogP contribution in [0, 0.1) is 5.41 Å². The lowest BCUT2D eigenvalue weighted by Crippen LogP contribution is -2.52. The van der Waals surface area contributed by atoms with Gasteiger partial charge in [0.05, 0.1) is 11.7 Å². The Hall–Kier alpha value is -3.09. The Kier molecular flexibility index (Phi) is 6.69. The van der Waals surface area contributed by atoms with Crippen molar-refractivity contribution >= 4 is 17.8 Å². The summed E-state index contributed by atoms with van der Waals surface area (Å²) in [5.41, 5.74) is -0.0473.